The van der Waals surface area contributed by atoms with E-state index in [1.807, 2.05) is 19.1 Å². The number of ether oxygens (including phenoxy) is 5. The van der Waals surface area contributed by atoms with Gasteiger partial charge in [-0.1, -0.05) is 180 Å². The molecule has 0 spiro atoms. The molecule has 6 rings (SSSR count). The molecule has 2 saturated carbocycles. The fourth-order valence-electron chi connectivity index (χ4n) is 11.9. The van der Waals surface area contributed by atoms with Gasteiger partial charge in [-0.05, 0) is 56.6 Å². The maximum absolute atomic E-state index is 14.1. The number of aliphatic hydroxyl groups is 2. The Bertz CT molecular complexity index is 1590. The Morgan fingerprint density at radius 2 is 1.38 bits per heavy atom. The topological polar surface area (TPSA) is 124 Å². The number of esters is 1. The molecule has 0 aromatic heterocycles. The van der Waals surface area contributed by atoms with E-state index in [2.05, 4.69) is 33.4 Å². The number of hydrogen-bond acceptors (Lipinski definition) is 9. The molecule has 3 aliphatic carbocycles. The number of carbonyl (C=O) groups is 2. The lowest BCUT2D eigenvalue weighted by molar-refractivity contribution is -0.406. The van der Waals surface area contributed by atoms with E-state index in [1.165, 1.54) is 116 Å². The minimum atomic E-state index is -2.27. The highest BCUT2D eigenvalue weighted by molar-refractivity contribution is 6.05. The van der Waals surface area contributed by atoms with Crippen molar-refractivity contribution in [2.45, 2.75) is 242 Å². The number of epoxide rings is 1. The number of allylic oxidation sites excluding steroid dienone is 3. The Morgan fingerprint density at radius 3 is 1.95 bits per heavy atom. The quantitative estimate of drug-likeness (QED) is 0.0249. The number of unbranched alkanes of at least 4 members (excludes halogenated alkanes) is 21. The molecule has 9 heteroatoms. The molecule has 9 nitrogen and oxygen atoms in total. The first kappa shape index (κ1) is 48.3. The number of Topliss-reactive ketones (excluding diaryl/α,β-unsaturated/α-hetero) is 1. The number of ketones is 1. The number of hydrogen-bond donors (Lipinski definition) is 2. The lowest BCUT2D eigenvalue weighted by Crippen LogP contribution is -2.72. The third-order valence-electron chi connectivity index (χ3n) is 15.4. The van der Waals surface area contributed by atoms with E-state index in [-0.39, 0.29) is 24.9 Å². The molecule has 3 bridgehead atoms. The molecular weight excluding hydrogens is 769 g/mol. The maximum Gasteiger partial charge on any atom is 0.306 e. The van der Waals surface area contributed by atoms with E-state index < -0.39 is 64.3 Å². The Labute approximate surface area is 368 Å². The Hall–Kier alpha value is -2.14. The van der Waals surface area contributed by atoms with Crippen molar-refractivity contribution in [2.24, 2.45) is 17.8 Å². The molecule has 0 amide bonds. The van der Waals surface area contributed by atoms with Crippen LogP contribution in [0.25, 0.3) is 0 Å². The first-order valence-electron chi connectivity index (χ1n) is 24.9. The summed E-state index contributed by atoms with van der Waals surface area (Å²) in [5.74, 6) is -4.34. The first-order valence-corrected chi connectivity index (χ1v) is 24.9. The normalized spacial score (nSPS) is 36.9. The molecule has 61 heavy (non-hydrogen) atoms. The Kier molecular flexibility index (Phi) is 16.8. The summed E-state index contributed by atoms with van der Waals surface area (Å²) in [6, 6.07) is 0. The third-order valence-corrected chi connectivity index (χ3v) is 15.4. The molecule has 0 radical (unpaired) electrons. The van der Waals surface area contributed by atoms with Crippen LogP contribution in [-0.2, 0) is 33.3 Å². The van der Waals surface area contributed by atoms with E-state index in [1.54, 1.807) is 19.1 Å². The average Bonchev–Trinajstić information content (AvgIpc) is 3.86. The highest BCUT2D eigenvalue weighted by Crippen LogP contribution is 2.72. The molecule has 3 aliphatic heterocycles. The zero-order valence-electron chi connectivity index (χ0n) is 38.7. The molecule has 11 unspecified atom stereocenters. The molecular formula is C52H82O9. The van der Waals surface area contributed by atoms with Crippen molar-refractivity contribution < 1.29 is 43.5 Å². The van der Waals surface area contributed by atoms with Crippen molar-refractivity contribution in [3.8, 4) is 0 Å². The van der Waals surface area contributed by atoms with Crippen LogP contribution in [0.5, 0.6) is 0 Å². The summed E-state index contributed by atoms with van der Waals surface area (Å²) in [4.78, 5) is 27.3. The third kappa shape index (κ3) is 9.78. The van der Waals surface area contributed by atoms with E-state index >= 15 is 0 Å². The lowest BCUT2D eigenvalue weighted by atomic mass is 9.54. The van der Waals surface area contributed by atoms with Gasteiger partial charge >= 0.3 is 11.9 Å². The van der Waals surface area contributed by atoms with Gasteiger partial charge in [0.2, 0.25) is 0 Å². The van der Waals surface area contributed by atoms with Gasteiger partial charge in [0.1, 0.15) is 30.5 Å². The molecule has 11 atom stereocenters. The second-order valence-electron chi connectivity index (χ2n) is 19.9. The molecule has 3 heterocycles. The van der Waals surface area contributed by atoms with Crippen molar-refractivity contribution in [2.75, 3.05) is 6.61 Å². The van der Waals surface area contributed by atoms with Crippen LogP contribution >= 0.6 is 0 Å². The number of fused-ring (bicyclic) bond motifs is 3. The predicted octanol–water partition coefficient (Wildman–Crippen LogP) is 11.2. The second kappa shape index (κ2) is 21.2. The van der Waals surface area contributed by atoms with E-state index in [0.717, 1.165) is 37.7 Å². The van der Waals surface area contributed by atoms with Crippen molar-refractivity contribution >= 4 is 11.8 Å². The van der Waals surface area contributed by atoms with Crippen LogP contribution in [0.1, 0.15) is 195 Å². The lowest BCUT2D eigenvalue weighted by Gasteiger charge is -2.59. The van der Waals surface area contributed by atoms with Crippen LogP contribution in [0.4, 0.5) is 0 Å². The fourth-order valence-corrected chi connectivity index (χ4v) is 11.9. The number of rotatable bonds is 29. The number of aliphatic hydroxyl groups excluding tert-OH is 1. The van der Waals surface area contributed by atoms with Crippen molar-refractivity contribution in [1.29, 1.82) is 0 Å². The predicted molar refractivity (Wildman–Crippen MR) is 240 cm³/mol. The van der Waals surface area contributed by atoms with E-state index in [9.17, 15) is 19.8 Å². The minimum Gasteiger partial charge on any atom is -0.462 e. The molecule has 344 valence electrons. The Morgan fingerprint density at radius 1 is 0.820 bits per heavy atom. The van der Waals surface area contributed by atoms with E-state index in [4.69, 9.17) is 23.7 Å². The van der Waals surface area contributed by atoms with E-state index in [0.29, 0.717) is 12.0 Å². The zero-order valence-corrected chi connectivity index (χ0v) is 38.7. The van der Waals surface area contributed by atoms with Gasteiger partial charge in [-0.3, -0.25) is 9.59 Å². The summed E-state index contributed by atoms with van der Waals surface area (Å²) in [6.07, 6.45) is 35.7. The van der Waals surface area contributed by atoms with Crippen molar-refractivity contribution in [3.05, 3.63) is 48.1 Å². The van der Waals surface area contributed by atoms with Crippen molar-refractivity contribution in [3.63, 3.8) is 0 Å². The molecule has 0 aromatic rings. The summed E-state index contributed by atoms with van der Waals surface area (Å²) in [7, 11) is 0. The van der Waals surface area contributed by atoms with Crippen molar-refractivity contribution in [1.82, 2.24) is 0 Å². The highest BCUT2D eigenvalue weighted by Gasteiger charge is 2.88. The molecule has 3 saturated heterocycles. The summed E-state index contributed by atoms with van der Waals surface area (Å²) < 4.78 is 33.3. The molecule has 5 fully saturated rings. The van der Waals surface area contributed by atoms with Gasteiger partial charge in [-0.2, -0.15) is 0 Å². The van der Waals surface area contributed by atoms with Crippen LogP contribution in [0.2, 0.25) is 0 Å². The van der Waals surface area contributed by atoms with Crippen LogP contribution in [0, 0.1) is 17.8 Å². The van der Waals surface area contributed by atoms with Gasteiger partial charge in [-0.25, -0.2) is 0 Å². The van der Waals surface area contributed by atoms with Gasteiger partial charge in [0, 0.05) is 24.3 Å². The zero-order chi connectivity index (χ0) is 43.7. The van der Waals surface area contributed by atoms with Crippen LogP contribution in [0.3, 0.4) is 0 Å². The summed E-state index contributed by atoms with van der Waals surface area (Å²) in [6.45, 7) is 14.3. The van der Waals surface area contributed by atoms with Gasteiger partial charge < -0.3 is 33.9 Å². The summed E-state index contributed by atoms with van der Waals surface area (Å²) in [5.41, 5.74) is -4.85. The van der Waals surface area contributed by atoms with Gasteiger partial charge in [0.05, 0.1) is 5.60 Å². The largest absolute Gasteiger partial charge is 0.462 e. The second-order valence-corrected chi connectivity index (χ2v) is 19.9. The van der Waals surface area contributed by atoms with Gasteiger partial charge in [0.15, 0.2) is 17.0 Å². The maximum atomic E-state index is 14.1. The van der Waals surface area contributed by atoms with Gasteiger partial charge in [-0.15, -0.1) is 0 Å². The number of carbonyl (C=O) groups excluding carboxylic acids is 2. The first-order chi connectivity index (χ1) is 29.4. The fraction of sp³-hybridized carbons (Fsp3) is 0.808. The van der Waals surface area contributed by atoms with Gasteiger partial charge in [0.25, 0.3) is 0 Å². The monoisotopic (exact) mass is 851 g/mol. The highest BCUT2D eigenvalue weighted by atomic mass is 16.9. The minimum absolute atomic E-state index is 0.260. The van der Waals surface area contributed by atoms with Crippen LogP contribution in [0.15, 0.2) is 48.1 Å². The average molecular weight is 851 g/mol. The van der Waals surface area contributed by atoms with Crippen LogP contribution < -0.4 is 0 Å². The summed E-state index contributed by atoms with van der Waals surface area (Å²) >= 11 is 0. The molecule has 6 aliphatic rings. The molecule has 2 N–H and O–H groups in total. The molecule has 0 aromatic carbocycles. The standard InChI is InChI=1S/C52H82O9/c1-7-9-11-13-15-17-19-20-21-22-23-25-27-29-31-33-42(53)57-37-49-46(58-49)43-45-48(38(3)4)36-40(6)52(43,41-35-39(5)44(54)51(41,56)47(49)55)61-50(59-45,60-48)34-32-30-28-26-24-18-16-14-12-10-8-2/h28,30,32,34-35,40-41,43,45-47,55-56H,3,7-27,29,31,33,36-37H2,1-2,4-6H3. The SMILES string of the molecule is C=C(C)C12CC(C)C34OC(C=CC=CCCCCCCCCC)(OC1C3C1OC1(COC(=O)CCCCCCCCCCCCCCCCC)C(O)C1(O)C(=O)C(C)=CC14)O2. The Balaban J connectivity index is 1.07. The summed E-state index contributed by atoms with van der Waals surface area (Å²) in [5, 5.41) is 25.0. The smallest absolute Gasteiger partial charge is 0.306 e. The van der Waals surface area contributed by atoms with Crippen LogP contribution in [-0.4, -0.2) is 75.3 Å².